The van der Waals surface area contributed by atoms with E-state index in [1.165, 1.54) is 0 Å². The van der Waals surface area contributed by atoms with E-state index >= 15 is 0 Å². The third-order valence-corrected chi connectivity index (χ3v) is 5.94. The lowest BCUT2D eigenvalue weighted by Crippen LogP contribution is -2.18. The molecule has 0 spiro atoms. The zero-order valence-electron chi connectivity index (χ0n) is 21.8. The molecule has 0 heterocycles. The number of hydrogen-bond acceptors (Lipinski definition) is 0. The van der Waals surface area contributed by atoms with Gasteiger partial charge in [-0.15, -0.1) is 0 Å². The second-order valence-electron chi connectivity index (χ2n) is 13.2. The van der Waals surface area contributed by atoms with Gasteiger partial charge in [-0.25, -0.2) is 0 Å². The van der Waals surface area contributed by atoms with Crippen molar-refractivity contribution in [2.45, 2.75) is 111 Å². The highest BCUT2D eigenvalue weighted by Gasteiger charge is 2.30. The molecule has 0 saturated carbocycles. The van der Waals surface area contributed by atoms with Crippen molar-refractivity contribution in [1.82, 2.24) is 0 Å². The average molecular weight is 423 g/mol. The lowest BCUT2D eigenvalue weighted by atomic mass is 9.76. The summed E-state index contributed by atoms with van der Waals surface area (Å²) in [6, 6.07) is 8.32. The van der Waals surface area contributed by atoms with Crippen molar-refractivity contribution in [3.8, 4) is 11.5 Å². The van der Waals surface area contributed by atoms with Gasteiger partial charge in [-0.3, -0.25) is 10.2 Å². The zero-order chi connectivity index (χ0) is 24.2. The van der Waals surface area contributed by atoms with Crippen molar-refractivity contribution in [1.29, 1.82) is 0 Å². The Labute approximate surface area is 190 Å². The monoisotopic (exact) mass is 422 g/mol. The molecule has 0 unspecified atom stereocenters. The summed E-state index contributed by atoms with van der Waals surface area (Å²) in [6.45, 7) is 25.2. The number of hydrogen-bond donors (Lipinski definition) is 0. The molecule has 31 heavy (non-hydrogen) atoms. The highest BCUT2D eigenvalue weighted by atomic mass is 16.3. The molecule has 0 aromatic heterocycles. The van der Waals surface area contributed by atoms with Crippen LogP contribution in [0, 0.1) is 0 Å². The Bertz CT molecular complexity index is 803. The van der Waals surface area contributed by atoms with Crippen LogP contribution in [0.4, 0.5) is 0 Å². The predicted octanol–water partition coefficient (Wildman–Crippen LogP) is 8.76. The second kappa shape index (κ2) is 7.87. The minimum Gasteiger partial charge on any atom is -0.289 e. The fourth-order valence-electron chi connectivity index (χ4n) is 4.05. The van der Waals surface area contributed by atoms with Gasteiger partial charge in [0, 0.05) is 22.3 Å². The van der Waals surface area contributed by atoms with Crippen LogP contribution in [-0.4, -0.2) is 0 Å². The van der Waals surface area contributed by atoms with E-state index in [1.807, 2.05) is 0 Å². The Hall–Kier alpha value is -1.96. The first-order valence-electron chi connectivity index (χ1n) is 11.4. The van der Waals surface area contributed by atoms with Crippen LogP contribution in [0.3, 0.4) is 0 Å². The minimum atomic E-state index is -0.223. The maximum absolute atomic E-state index is 13.2. The molecule has 0 amide bonds. The Morgan fingerprint density at radius 1 is 0.452 bits per heavy atom. The zero-order valence-corrected chi connectivity index (χ0v) is 21.8. The van der Waals surface area contributed by atoms with Crippen molar-refractivity contribution in [3.63, 3.8) is 0 Å². The van der Waals surface area contributed by atoms with Crippen molar-refractivity contribution in [2.24, 2.45) is 0 Å². The fraction of sp³-hybridized carbons (Fsp3) is 0.586. The van der Waals surface area contributed by atoms with Crippen molar-refractivity contribution in [2.75, 3.05) is 0 Å². The van der Waals surface area contributed by atoms with Crippen LogP contribution >= 0.6 is 0 Å². The van der Waals surface area contributed by atoms with Crippen molar-refractivity contribution in [3.05, 3.63) is 57.6 Å². The molecular formula is C29H42O2. The largest absolute Gasteiger partial charge is 0.289 e. The van der Waals surface area contributed by atoms with Gasteiger partial charge in [0.05, 0.1) is 0 Å². The first-order valence-corrected chi connectivity index (χ1v) is 11.4. The highest BCUT2D eigenvalue weighted by molar-refractivity contribution is 5.53. The van der Waals surface area contributed by atoms with E-state index in [4.69, 9.17) is 0 Å². The van der Waals surface area contributed by atoms with Gasteiger partial charge in [-0.1, -0.05) is 107 Å². The number of rotatable bonds is 2. The summed E-state index contributed by atoms with van der Waals surface area (Å²) in [5, 5.41) is 26.5. The summed E-state index contributed by atoms with van der Waals surface area (Å²) in [6.07, 6.45) is 0.707. The molecule has 2 nitrogen and oxygen atoms in total. The van der Waals surface area contributed by atoms with Gasteiger partial charge in [0.25, 0.3) is 0 Å². The molecule has 2 heteroatoms. The first kappa shape index (κ1) is 25.3. The standard InChI is InChI=1S/C29H42O2/c1-26(2,3)20-14-18(15-21(24(20)30)27(4,5)6)13-19-16-22(28(7,8)9)25(31)23(17-19)29(10,11)12/h14-17H,13H2,1-12H3. The average Bonchev–Trinajstić information content (AvgIpc) is 2.53. The summed E-state index contributed by atoms with van der Waals surface area (Å²) >= 11 is 0. The smallest absolute Gasteiger partial charge is 0.186 e. The van der Waals surface area contributed by atoms with E-state index in [0.29, 0.717) is 6.42 Å². The molecule has 170 valence electrons. The maximum Gasteiger partial charge on any atom is 0.186 e. The van der Waals surface area contributed by atoms with E-state index < -0.39 is 0 Å². The lowest BCUT2D eigenvalue weighted by molar-refractivity contribution is 0.326. The van der Waals surface area contributed by atoms with Crippen LogP contribution in [0.5, 0.6) is 11.5 Å². The van der Waals surface area contributed by atoms with Gasteiger partial charge in [-0.05, 0) is 39.2 Å². The molecule has 0 aliphatic rings. The van der Waals surface area contributed by atoms with Crippen molar-refractivity contribution < 1.29 is 10.2 Å². The Morgan fingerprint density at radius 2 is 0.645 bits per heavy atom. The summed E-state index contributed by atoms with van der Waals surface area (Å²) in [5.74, 6) is 0.314. The van der Waals surface area contributed by atoms with Gasteiger partial charge in [-0.2, -0.15) is 0 Å². The molecule has 2 aromatic carbocycles. The molecule has 0 saturated heterocycles. The molecule has 0 fully saturated rings. The van der Waals surface area contributed by atoms with E-state index in [-0.39, 0.29) is 33.2 Å². The first-order chi connectivity index (χ1) is 13.7. The number of benzene rings is 2. The van der Waals surface area contributed by atoms with Gasteiger partial charge in [0.15, 0.2) is 11.5 Å². The fourth-order valence-corrected chi connectivity index (χ4v) is 4.05. The lowest BCUT2D eigenvalue weighted by Gasteiger charge is -2.28. The van der Waals surface area contributed by atoms with Gasteiger partial charge < -0.3 is 0 Å². The molecule has 2 rings (SSSR count). The minimum absolute atomic E-state index is 0.157. The summed E-state index contributed by atoms with van der Waals surface area (Å²) in [4.78, 5) is 0. The Kier molecular flexibility index (Phi) is 6.42. The van der Waals surface area contributed by atoms with Crippen LogP contribution in [0.25, 0.3) is 0 Å². The normalized spacial score (nSPS) is 13.5. The topological polar surface area (TPSA) is 39.8 Å². The van der Waals surface area contributed by atoms with E-state index in [0.717, 1.165) is 33.4 Å². The predicted molar refractivity (Wildman–Crippen MR) is 131 cm³/mol. The highest BCUT2D eigenvalue weighted by Crippen LogP contribution is 2.43. The third-order valence-electron chi connectivity index (χ3n) is 5.94. The summed E-state index contributed by atoms with van der Waals surface area (Å²) in [7, 11) is 0. The Morgan fingerprint density at radius 3 is 0.806 bits per heavy atom. The van der Waals surface area contributed by atoms with E-state index in [9.17, 15) is 10.2 Å². The second-order valence-corrected chi connectivity index (χ2v) is 13.2. The summed E-state index contributed by atoms with van der Waals surface area (Å²) in [5.41, 5.74) is 4.83. The molecule has 2 aromatic rings. The summed E-state index contributed by atoms with van der Waals surface area (Å²) < 4.78 is 0. The van der Waals surface area contributed by atoms with Gasteiger partial charge in [0.2, 0.25) is 0 Å². The SMILES string of the molecule is CC(C)(C)c1cc(Cc2cc(C(C)(C)C)c([O])c(C(C)(C)C)c2)cc(C(C)(C)C)c1[O]. The molecular weight excluding hydrogens is 380 g/mol. The molecule has 0 bridgehead atoms. The van der Waals surface area contributed by atoms with E-state index in [1.54, 1.807) is 0 Å². The van der Waals surface area contributed by atoms with E-state index in [2.05, 4.69) is 107 Å². The van der Waals surface area contributed by atoms with Crippen LogP contribution in [-0.2, 0) is 38.3 Å². The molecule has 0 aliphatic carbocycles. The van der Waals surface area contributed by atoms with Crippen molar-refractivity contribution >= 4 is 0 Å². The van der Waals surface area contributed by atoms with Crippen LogP contribution < -0.4 is 0 Å². The molecule has 2 radical (unpaired) electrons. The molecule has 0 aliphatic heterocycles. The van der Waals surface area contributed by atoms with Crippen LogP contribution in [0.2, 0.25) is 0 Å². The van der Waals surface area contributed by atoms with Crippen LogP contribution in [0.15, 0.2) is 24.3 Å². The van der Waals surface area contributed by atoms with Gasteiger partial charge >= 0.3 is 0 Å². The van der Waals surface area contributed by atoms with Crippen LogP contribution in [0.1, 0.15) is 116 Å². The maximum atomic E-state index is 13.2. The Balaban J connectivity index is 2.73. The quantitative estimate of drug-likeness (QED) is 0.464. The van der Waals surface area contributed by atoms with Gasteiger partial charge in [0.1, 0.15) is 0 Å². The molecule has 0 atom stereocenters. The molecule has 0 N–H and O–H groups in total. The third kappa shape index (κ3) is 5.64.